The topological polar surface area (TPSA) is 6.48 Å². The van der Waals surface area contributed by atoms with Gasteiger partial charge in [0.05, 0.1) is 22.7 Å². The predicted octanol–water partition coefficient (Wildman–Crippen LogP) is 15.7. The van der Waals surface area contributed by atoms with E-state index in [1.54, 1.807) is 0 Å². The highest BCUT2D eigenvalue weighted by atomic mass is 28.3. The Labute approximate surface area is 552 Å². The first-order valence-corrected chi connectivity index (χ1v) is 35.3. The summed E-state index contributed by atoms with van der Waals surface area (Å²) in [6.45, 7) is 27.7. The largest absolute Gasteiger partial charge is 0.309 e. The van der Waals surface area contributed by atoms with Crippen molar-refractivity contribution in [2.45, 2.75) is 83.1 Å². The van der Waals surface area contributed by atoms with Crippen molar-refractivity contribution in [2.75, 3.05) is 9.80 Å². The van der Waals surface area contributed by atoms with Crippen LogP contribution in [0.15, 0.2) is 218 Å². The van der Waals surface area contributed by atoms with Crippen molar-refractivity contribution in [2.24, 2.45) is 0 Å². The average Bonchev–Trinajstić information content (AvgIpc) is 1.50. The zero-order valence-electron chi connectivity index (χ0n) is 55.6. The molecule has 93 heavy (non-hydrogen) atoms. The van der Waals surface area contributed by atoms with E-state index in [4.69, 9.17) is 0 Å². The molecule has 0 fully saturated rings. The Kier molecular flexibility index (Phi) is 13.9. The lowest BCUT2D eigenvalue weighted by Crippen LogP contribution is -2.71. The minimum Gasteiger partial charge on any atom is -0.309 e. The van der Waals surface area contributed by atoms with Gasteiger partial charge >= 0.3 is 0 Å². The number of hydrogen-bond donors (Lipinski definition) is 0. The average molecular weight is 1210 g/mol. The zero-order chi connectivity index (χ0) is 63.9. The van der Waals surface area contributed by atoms with E-state index in [1.165, 1.54) is 188 Å². The molecule has 0 aliphatic carbocycles. The lowest BCUT2D eigenvalue weighted by atomic mass is 9.34. The van der Waals surface area contributed by atoms with Crippen LogP contribution in [0.4, 0.5) is 34.1 Å². The second kappa shape index (κ2) is 22.1. The van der Waals surface area contributed by atoms with Gasteiger partial charge in [-0.05, 0) is 197 Å². The van der Waals surface area contributed by atoms with Crippen molar-refractivity contribution in [3.8, 4) is 22.3 Å². The Morgan fingerprint density at radius 1 is 0.247 bits per heavy atom. The summed E-state index contributed by atoms with van der Waals surface area (Å²) in [4.78, 5) is 5.02. The third-order valence-electron chi connectivity index (χ3n) is 21.2. The van der Waals surface area contributed by atoms with E-state index in [9.17, 15) is 0 Å². The summed E-state index contributed by atoms with van der Waals surface area (Å²) in [6.07, 6.45) is 9.14. The maximum Gasteiger partial charge on any atom is 0.242 e. The Morgan fingerprint density at radius 2 is 0.484 bits per heavy atom. The van der Waals surface area contributed by atoms with E-state index in [0.717, 1.165) is 11.4 Å². The third-order valence-corrected chi connectivity index (χ3v) is 26.2. The van der Waals surface area contributed by atoms with Gasteiger partial charge in [0.2, 0.25) is 13.4 Å². The fourth-order valence-corrected chi connectivity index (χ4v) is 23.5. The van der Waals surface area contributed by atoms with Crippen molar-refractivity contribution in [3.05, 3.63) is 307 Å². The molecule has 4 heterocycles. The summed E-state index contributed by atoms with van der Waals surface area (Å²) < 4.78 is 0. The van der Waals surface area contributed by atoms with Gasteiger partial charge in [-0.25, -0.2) is 0 Å². The Hall–Kier alpha value is -9.93. The molecule has 0 aromatic heterocycles. The first-order chi connectivity index (χ1) is 45.0. The third kappa shape index (κ3) is 9.13. The minimum absolute atomic E-state index is 0.000758. The molecule has 0 saturated carbocycles. The SMILES string of the molecule is Cc1cc(C)c(B(c2ccc3c(c2)-c2cc(B(c4c(C)cc(C)cc4C)c4c(C)cc(C)cc4C)ccc2[Si]32c3ccc(N4c5ccccc5C=Cc5ccccc54)cc3-c3cc(N4c5ccccc5C=Cc5ccccc54)ccc32)c2c(C)cc(C)cc2C)c(C)c1. The van der Waals surface area contributed by atoms with Gasteiger partial charge in [-0.3, -0.25) is 0 Å². The van der Waals surface area contributed by atoms with Crippen LogP contribution in [0.25, 0.3) is 46.6 Å². The molecular formula is C88H76B2N2Si. The fraction of sp³-hybridized carbons (Fsp3) is 0.136. The van der Waals surface area contributed by atoms with Crippen molar-refractivity contribution in [1.29, 1.82) is 0 Å². The van der Waals surface area contributed by atoms with Crippen LogP contribution in [-0.2, 0) is 0 Å². The maximum atomic E-state index is 2.68. The Balaban J connectivity index is 1.02. The van der Waals surface area contributed by atoms with Gasteiger partial charge in [-0.15, -0.1) is 0 Å². The van der Waals surface area contributed by atoms with E-state index in [-0.39, 0.29) is 13.4 Å². The molecule has 0 bridgehead atoms. The lowest BCUT2D eigenvalue weighted by Gasteiger charge is -2.31. The molecule has 16 rings (SSSR count). The fourth-order valence-electron chi connectivity index (χ4n) is 17.9. The van der Waals surface area contributed by atoms with Crippen molar-refractivity contribution in [3.63, 3.8) is 0 Å². The van der Waals surface area contributed by atoms with Crippen molar-refractivity contribution in [1.82, 2.24) is 0 Å². The molecule has 0 saturated heterocycles. The van der Waals surface area contributed by atoms with Crippen molar-refractivity contribution >= 4 is 133 Å². The summed E-state index contributed by atoms with van der Waals surface area (Å²) in [5.41, 5.74) is 41.2. The van der Waals surface area contributed by atoms with Gasteiger partial charge in [-0.2, -0.15) is 0 Å². The highest BCUT2D eigenvalue weighted by molar-refractivity contribution is 7.24. The predicted molar refractivity (Wildman–Crippen MR) is 407 cm³/mol. The Bertz CT molecular complexity index is 4600. The van der Waals surface area contributed by atoms with E-state index in [0.29, 0.717) is 0 Å². The molecule has 4 aliphatic rings. The monoisotopic (exact) mass is 1210 g/mol. The van der Waals surface area contributed by atoms with Crippen LogP contribution in [0.2, 0.25) is 0 Å². The molecule has 2 nitrogen and oxygen atoms in total. The number of para-hydroxylation sites is 4. The smallest absolute Gasteiger partial charge is 0.242 e. The molecule has 12 aromatic carbocycles. The molecule has 0 atom stereocenters. The van der Waals surface area contributed by atoms with E-state index in [1.807, 2.05) is 0 Å². The molecule has 0 radical (unpaired) electrons. The standard InChI is InChI=1S/C88H76B2N2Si/c1-53-41-57(5)85(58(6)42-53)89(86-59(7)43-54(2)44-60(86)8)69-33-37-81-73(49-69)74-50-70(90(87-61(9)45-55(3)46-62(87)10)88-63(11)47-56(4)48-64(88)12)34-38-82(74)93(81)83-39-35-71(91-77-25-17-13-21-65(77)29-30-66-22-14-18-26-78(66)91)51-75(83)76-52-72(36-40-84(76)93)92-79-27-19-15-23-67(79)31-32-68-24-16-20-28-80(68)92/h13-52H,1-12H3. The lowest BCUT2D eigenvalue weighted by molar-refractivity contribution is 1.27. The van der Waals surface area contributed by atoms with Crippen LogP contribution in [0.5, 0.6) is 0 Å². The number of aryl methyl sites for hydroxylation is 12. The molecule has 448 valence electrons. The van der Waals surface area contributed by atoms with Gasteiger partial charge in [-0.1, -0.05) is 294 Å². The number of rotatable bonds is 8. The minimum atomic E-state index is -3.21. The molecular weight excluding hydrogens is 1130 g/mol. The second-order valence-electron chi connectivity index (χ2n) is 27.5. The number of anilines is 6. The van der Waals surface area contributed by atoms with Crippen LogP contribution < -0.4 is 63.3 Å². The van der Waals surface area contributed by atoms with Gasteiger partial charge in [0.1, 0.15) is 0 Å². The van der Waals surface area contributed by atoms with Crippen LogP contribution in [-0.4, -0.2) is 21.5 Å². The second-order valence-corrected chi connectivity index (χ2v) is 31.2. The summed E-state index contributed by atoms with van der Waals surface area (Å²) >= 11 is 0. The highest BCUT2D eigenvalue weighted by Crippen LogP contribution is 2.47. The summed E-state index contributed by atoms with van der Waals surface area (Å²) in [5, 5.41) is 5.79. The molecule has 0 N–H and O–H groups in total. The number of fused-ring (bicyclic) bond motifs is 14. The number of nitrogens with zero attached hydrogens (tertiary/aromatic N) is 2. The van der Waals surface area contributed by atoms with Crippen LogP contribution in [0.1, 0.15) is 89.0 Å². The summed E-state index contributed by atoms with van der Waals surface area (Å²) in [5.74, 6) is 0. The van der Waals surface area contributed by atoms with E-state index in [2.05, 4.69) is 336 Å². The van der Waals surface area contributed by atoms with Gasteiger partial charge < -0.3 is 9.80 Å². The van der Waals surface area contributed by atoms with Gasteiger partial charge in [0.15, 0.2) is 8.07 Å². The van der Waals surface area contributed by atoms with Crippen LogP contribution >= 0.6 is 0 Å². The molecule has 0 unspecified atom stereocenters. The van der Waals surface area contributed by atoms with Crippen LogP contribution in [0, 0.1) is 83.1 Å². The number of hydrogen-bond acceptors (Lipinski definition) is 2. The maximum absolute atomic E-state index is 3.21. The first kappa shape index (κ1) is 58.2. The van der Waals surface area contributed by atoms with Crippen molar-refractivity contribution < 1.29 is 0 Å². The van der Waals surface area contributed by atoms with Crippen LogP contribution in [0.3, 0.4) is 0 Å². The Morgan fingerprint density at radius 3 is 0.753 bits per heavy atom. The van der Waals surface area contributed by atoms with E-state index >= 15 is 0 Å². The molecule has 5 heteroatoms. The highest BCUT2D eigenvalue weighted by Gasteiger charge is 2.55. The van der Waals surface area contributed by atoms with E-state index < -0.39 is 8.07 Å². The summed E-state index contributed by atoms with van der Waals surface area (Å²) in [7, 11) is -3.21. The quantitative estimate of drug-likeness (QED) is 0.140. The molecule has 4 aliphatic heterocycles. The zero-order valence-corrected chi connectivity index (χ0v) is 56.6. The van der Waals surface area contributed by atoms with Gasteiger partial charge in [0.25, 0.3) is 0 Å². The summed E-state index contributed by atoms with van der Waals surface area (Å²) in [6, 6.07) is 85.7. The molecule has 1 spiro atoms. The first-order valence-electron chi connectivity index (χ1n) is 33.3. The normalized spacial score (nSPS) is 13.3. The number of benzene rings is 12. The van der Waals surface area contributed by atoms with Gasteiger partial charge in [0, 0.05) is 11.4 Å². The molecule has 0 amide bonds. The molecule has 12 aromatic rings.